The SMILES string of the molecule is CN=Cc1cc(NC(=O)C(Cc2ccc(C)cc2)N2CC(=O)N(c3cc(Cl)ccc3-n3cc(Cl)nn3)CC2=O)ccc1N. The summed E-state index contributed by atoms with van der Waals surface area (Å²) in [6.45, 7) is 1.32. The van der Waals surface area contributed by atoms with E-state index in [-0.39, 0.29) is 24.7 Å². The van der Waals surface area contributed by atoms with Gasteiger partial charge in [-0.05, 0) is 48.9 Å². The molecule has 13 heteroatoms. The summed E-state index contributed by atoms with van der Waals surface area (Å²) < 4.78 is 1.40. The highest BCUT2D eigenvalue weighted by atomic mass is 35.5. The summed E-state index contributed by atoms with van der Waals surface area (Å²) in [7, 11) is 1.62. The number of piperazine rings is 1. The molecule has 3 aromatic carbocycles. The van der Waals surface area contributed by atoms with Crippen LogP contribution in [0.4, 0.5) is 17.1 Å². The van der Waals surface area contributed by atoms with Gasteiger partial charge in [-0.15, -0.1) is 5.10 Å². The Morgan fingerprint density at radius 1 is 1.05 bits per heavy atom. The van der Waals surface area contributed by atoms with Gasteiger partial charge in [0.25, 0.3) is 0 Å². The van der Waals surface area contributed by atoms with Crippen molar-refractivity contribution >= 4 is 64.2 Å². The number of aliphatic imine (C=N–C) groups is 1. The van der Waals surface area contributed by atoms with Crippen molar-refractivity contribution in [2.45, 2.75) is 19.4 Å². The molecular weight excluding hydrogens is 591 g/mol. The predicted molar refractivity (Wildman–Crippen MR) is 167 cm³/mol. The maximum absolute atomic E-state index is 13.8. The minimum atomic E-state index is -0.977. The Kier molecular flexibility index (Phi) is 8.74. The Balaban J connectivity index is 1.45. The van der Waals surface area contributed by atoms with Crippen LogP contribution < -0.4 is 16.0 Å². The lowest BCUT2D eigenvalue weighted by atomic mass is 10.0. The van der Waals surface area contributed by atoms with Crippen molar-refractivity contribution in [1.82, 2.24) is 19.9 Å². The molecule has 3 amide bonds. The summed E-state index contributed by atoms with van der Waals surface area (Å²) in [5.41, 5.74) is 10.4. The molecule has 1 atom stereocenters. The molecule has 2 heterocycles. The van der Waals surface area contributed by atoms with Crippen LogP contribution in [-0.4, -0.2) is 70.0 Å². The molecule has 1 aliphatic rings. The molecule has 1 saturated heterocycles. The first kappa shape index (κ1) is 29.7. The predicted octanol–water partition coefficient (Wildman–Crippen LogP) is 3.94. The van der Waals surface area contributed by atoms with Crippen LogP contribution in [0.1, 0.15) is 16.7 Å². The van der Waals surface area contributed by atoms with Crippen molar-refractivity contribution in [1.29, 1.82) is 0 Å². The number of hydrogen-bond acceptors (Lipinski definition) is 7. The summed E-state index contributed by atoms with van der Waals surface area (Å²) in [6, 6.07) is 16.6. The van der Waals surface area contributed by atoms with Crippen molar-refractivity contribution in [3.63, 3.8) is 0 Å². The number of aryl methyl sites for hydroxylation is 1. The van der Waals surface area contributed by atoms with E-state index in [0.717, 1.165) is 11.1 Å². The van der Waals surface area contributed by atoms with Crippen LogP contribution in [0.3, 0.4) is 0 Å². The zero-order valence-electron chi connectivity index (χ0n) is 23.4. The Morgan fingerprint density at radius 3 is 2.51 bits per heavy atom. The summed E-state index contributed by atoms with van der Waals surface area (Å²) in [6.07, 6.45) is 3.27. The van der Waals surface area contributed by atoms with E-state index in [0.29, 0.717) is 33.3 Å². The third-order valence-corrected chi connectivity index (χ3v) is 7.42. The van der Waals surface area contributed by atoms with E-state index in [1.165, 1.54) is 20.7 Å². The molecule has 11 nitrogen and oxygen atoms in total. The van der Waals surface area contributed by atoms with E-state index in [1.54, 1.807) is 49.7 Å². The normalized spacial score (nSPS) is 14.4. The lowest BCUT2D eigenvalue weighted by Gasteiger charge is -2.38. The zero-order chi connectivity index (χ0) is 30.7. The van der Waals surface area contributed by atoms with E-state index in [4.69, 9.17) is 28.9 Å². The number of aromatic nitrogens is 3. The number of benzene rings is 3. The summed E-state index contributed by atoms with van der Waals surface area (Å²) in [5.74, 6) is -1.25. The van der Waals surface area contributed by atoms with E-state index in [2.05, 4.69) is 20.6 Å². The maximum Gasteiger partial charge on any atom is 0.247 e. The van der Waals surface area contributed by atoms with E-state index < -0.39 is 23.8 Å². The van der Waals surface area contributed by atoms with Crippen LogP contribution in [0.5, 0.6) is 0 Å². The van der Waals surface area contributed by atoms with Gasteiger partial charge in [-0.25, -0.2) is 4.68 Å². The molecule has 1 fully saturated rings. The number of anilines is 3. The molecule has 0 bridgehead atoms. The Morgan fingerprint density at radius 2 is 1.81 bits per heavy atom. The van der Waals surface area contributed by atoms with Crippen LogP contribution in [0.25, 0.3) is 5.69 Å². The van der Waals surface area contributed by atoms with Crippen molar-refractivity contribution in [2.75, 3.05) is 36.1 Å². The third kappa shape index (κ3) is 6.68. The number of nitrogens with zero attached hydrogens (tertiary/aromatic N) is 6. The summed E-state index contributed by atoms with van der Waals surface area (Å²) in [4.78, 5) is 47.8. The van der Waals surface area contributed by atoms with Gasteiger partial charge in [0, 0.05) is 41.6 Å². The first-order valence-corrected chi connectivity index (χ1v) is 14.0. The molecule has 0 spiro atoms. The van der Waals surface area contributed by atoms with Crippen molar-refractivity contribution < 1.29 is 14.4 Å². The molecule has 1 aliphatic heterocycles. The molecule has 0 saturated carbocycles. The molecule has 5 rings (SSSR count). The smallest absolute Gasteiger partial charge is 0.247 e. The third-order valence-electron chi connectivity index (χ3n) is 7.01. The fraction of sp³-hybridized carbons (Fsp3) is 0.200. The van der Waals surface area contributed by atoms with Crippen LogP contribution in [0.2, 0.25) is 10.2 Å². The number of halogens is 2. The first-order valence-electron chi connectivity index (χ1n) is 13.3. The minimum absolute atomic E-state index is 0.160. The molecule has 1 unspecified atom stereocenters. The monoisotopic (exact) mass is 618 g/mol. The topological polar surface area (TPSA) is 139 Å². The van der Waals surface area contributed by atoms with Gasteiger partial charge in [-0.3, -0.25) is 24.3 Å². The Hall–Kier alpha value is -4.74. The molecule has 220 valence electrons. The molecule has 0 aliphatic carbocycles. The van der Waals surface area contributed by atoms with Gasteiger partial charge in [-0.1, -0.05) is 58.2 Å². The second-order valence-electron chi connectivity index (χ2n) is 10.0. The van der Waals surface area contributed by atoms with E-state index in [1.807, 2.05) is 31.2 Å². The van der Waals surface area contributed by atoms with E-state index in [9.17, 15) is 14.4 Å². The van der Waals surface area contributed by atoms with Crippen LogP contribution in [-0.2, 0) is 20.8 Å². The highest BCUT2D eigenvalue weighted by molar-refractivity contribution is 6.31. The lowest BCUT2D eigenvalue weighted by molar-refractivity contribution is -0.143. The Bertz CT molecular complexity index is 1720. The van der Waals surface area contributed by atoms with Crippen molar-refractivity contribution in [3.05, 3.63) is 93.7 Å². The average Bonchev–Trinajstić information content (AvgIpc) is 3.41. The van der Waals surface area contributed by atoms with Gasteiger partial charge in [0.2, 0.25) is 17.7 Å². The summed E-state index contributed by atoms with van der Waals surface area (Å²) >= 11 is 12.2. The van der Waals surface area contributed by atoms with Crippen molar-refractivity contribution in [2.24, 2.45) is 4.99 Å². The van der Waals surface area contributed by atoms with Crippen molar-refractivity contribution in [3.8, 4) is 5.69 Å². The molecular formula is C30H28Cl2N8O3. The van der Waals surface area contributed by atoms with Crippen LogP contribution in [0, 0.1) is 6.92 Å². The van der Waals surface area contributed by atoms with Gasteiger partial charge in [0.05, 0.1) is 17.6 Å². The number of carbonyl (C=O) groups is 3. The quantitative estimate of drug-likeness (QED) is 0.226. The van der Waals surface area contributed by atoms with E-state index >= 15 is 0 Å². The number of amides is 3. The zero-order valence-corrected chi connectivity index (χ0v) is 24.9. The van der Waals surface area contributed by atoms with Gasteiger partial charge >= 0.3 is 0 Å². The second-order valence-corrected chi connectivity index (χ2v) is 10.9. The summed E-state index contributed by atoms with van der Waals surface area (Å²) in [5, 5.41) is 11.2. The molecule has 3 N–H and O–H groups in total. The number of nitrogen functional groups attached to an aromatic ring is 1. The van der Waals surface area contributed by atoms with Crippen LogP contribution in [0.15, 0.2) is 71.9 Å². The number of hydrogen-bond donors (Lipinski definition) is 2. The number of carbonyl (C=O) groups excluding carboxylic acids is 3. The largest absolute Gasteiger partial charge is 0.398 e. The molecule has 1 aromatic heterocycles. The first-order chi connectivity index (χ1) is 20.6. The number of nitrogens with two attached hydrogens (primary N) is 1. The van der Waals surface area contributed by atoms with Crippen LogP contribution >= 0.6 is 23.2 Å². The Labute approximate surface area is 257 Å². The van der Waals surface area contributed by atoms with Gasteiger partial charge in [-0.2, -0.15) is 0 Å². The highest BCUT2D eigenvalue weighted by Crippen LogP contribution is 2.30. The molecule has 0 radical (unpaired) electrons. The lowest BCUT2D eigenvalue weighted by Crippen LogP contribution is -2.60. The highest BCUT2D eigenvalue weighted by Gasteiger charge is 2.39. The van der Waals surface area contributed by atoms with Gasteiger partial charge < -0.3 is 16.0 Å². The molecule has 43 heavy (non-hydrogen) atoms. The number of nitrogens with one attached hydrogen (secondary N) is 1. The fourth-order valence-corrected chi connectivity index (χ4v) is 5.12. The second kappa shape index (κ2) is 12.6. The average molecular weight is 620 g/mol. The fourth-order valence-electron chi connectivity index (χ4n) is 4.83. The van der Waals surface area contributed by atoms with Gasteiger partial charge in [0.1, 0.15) is 19.1 Å². The maximum atomic E-state index is 13.8. The standard InChI is InChI=1S/C30H28Cl2N8O3/c1-18-3-5-19(6-4-18)11-26(30(43)35-22-8-9-23(33)20(12-22)14-34-2)39-17-28(41)38(16-29(39)42)25-13-21(31)7-10-24(25)40-15-27(32)36-37-40/h3-10,12-15,26H,11,16-17,33H2,1-2H3,(H,35,43). The molecule has 4 aromatic rings. The van der Waals surface area contributed by atoms with Gasteiger partial charge in [0.15, 0.2) is 5.15 Å². The number of rotatable bonds is 8. The minimum Gasteiger partial charge on any atom is -0.398 e.